The van der Waals surface area contributed by atoms with Gasteiger partial charge in [0, 0.05) is 0 Å². The van der Waals surface area contributed by atoms with Gasteiger partial charge in [-0.05, 0) is 36.2 Å². The average molecular weight is 238 g/mol. The van der Waals surface area contributed by atoms with Crippen LogP contribution in [0, 0.1) is 0 Å². The molecule has 0 heterocycles. The molecule has 2 aromatic carbocycles. The first-order valence-electron chi connectivity index (χ1n) is 6.38. The highest BCUT2D eigenvalue weighted by molar-refractivity contribution is 5.50. The predicted octanol–water partition coefficient (Wildman–Crippen LogP) is 5.29. The summed E-state index contributed by atoms with van der Waals surface area (Å²) in [6.07, 6.45) is 6.66. The van der Waals surface area contributed by atoms with Crippen molar-refractivity contribution in [2.24, 2.45) is 0 Å². The quantitative estimate of drug-likeness (QED) is 0.687. The summed E-state index contributed by atoms with van der Waals surface area (Å²) in [5.74, 6) is 1.74. The molecule has 0 amide bonds. The van der Waals surface area contributed by atoms with Crippen molar-refractivity contribution in [3.8, 4) is 11.5 Å². The summed E-state index contributed by atoms with van der Waals surface area (Å²) >= 11 is 0. The smallest absolute Gasteiger partial charge is 0.127 e. The van der Waals surface area contributed by atoms with Gasteiger partial charge in [0.1, 0.15) is 11.5 Å². The van der Waals surface area contributed by atoms with Crippen molar-refractivity contribution in [3.63, 3.8) is 0 Å². The lowest BCUT2D eigenvalue weighted by molar-refractivity contribution is 0.482. The van der Waals surface area contributed by atoms with Crippen molar-refractivity contribution in [2.45, 2.75) is 19.8 Å². The SMILES string of the molecule is CCCC=Cc1ccc(Oc2ccccc2)cc1. The molecule has 0 spiro atoms. The van der Waals surface area contributed by atoms with Crippen LogP contribution in [0.3, 0.4) is 0 Å². The van der Waals surface area contributed by atoms with Gasteiger partial charge in [0.2, 0.25) is 0 Å². The van der Waals surface area contributed by atoms with Crippen LogP contribution in [-0.2, 0) is 0 Å². The highest BCUT2D eigenvalue weighted by Crippen LogP contribution is 2.21. The molecule has 0 N–H and O–H groups in total. The summed E-state index contributed by atoms with van der Waals surface area (Å²) in [4.78, 5) is 0. The minimum absolute atomic E-state index is 0.867. The lowest BCUT2D eigenvalue weighted by Gasteiger charge is -2.05. The molecule has 0 aliphatic heterocycles. The van der Waals surface area contributed by atoms with Crippen LogP contribution >= 0.6 is 0 Å². The van der Waals surface area contributed by atoms with Crippen LogP contribution in [0.4, 0.5) is 0 Å². The predicted molar refractivity (Wildman–Crippen MR) is 76.9 cm³/mol. The van der Waals surface area contributed by atoms with E-state index in [-0.39, 0.29) is 0 Å². The number of ether oxygens (including phenoxy) is 1. The first kappa shape index (κ1) is 12.4. The maximum atomic E-state index is 5.73. The molecule has 2 rings (SSSR count). The molecule has 0 atom stereocenters. The first-order valence-corrected chi connectivity index (χ1v) is 6.38. The Bertz CT molecular complexity index is 483. The third kappa shape index (κ3) is 3.77. The van der Waals surface area contributed by atoms with E-state index >= 15 is 0 Å². The van der Waals surface area contributed by atoms with Crippen molar-refractivity contribution in [1.29, 1.82) is 0 Å². The molecular weight excluding hydrogens is 220 g/mol. The number of rotatable bonds is 5. The molecule has 0 aromatic heterocycles. The van der Waals surface area contributed by atoms with Crippen molar-refractivity contribution in [3.05, 3.63) is 66.2 Å². The molecule has 0 bridgehead atoms. The van der Waals surface area contributed by atoms with Gasteiger partial charge in [0.15, 0.2) is 0 Å². The second kappa shape index (κ2) is 6.65. The van der Waals surface area contributed by atoms with E-state index in [9.17, 15) is 0 Å². The van der Waals surface area contributed by atoms with E-state index in [0.29, 0.717) is 0 Å². The normalized spacial score (nSPS) is 10.7. The molecule has 0 radical (unpaired) electrons. The van der Waals surface area contributed by atoms with Crippen LogP contribution in [-0.4, -0.2) is 0 Å². The maximum Gasteiger partial charge on any atom is 0.127 e. The third-order valence-electron chi connectivity index (χ3n) is 2.62. The highest BCUT2D eigenvalue weighted by atomic mass is 16.5. The molecule has 1 heteroatoms. The van der Waals surface area contributed by atoms with Crippen LogP contribution in [0.2, 0.25) is 0 Å². The molecule has 92 valence electrons. The number of para-hydroxylation sites is 1. The van der Waals surface area contributed by atoms with E-state index in [0.717, 1.165) is 17.9 Å². The molecule has 18 heavy (non-hydrogen) atoms. The van der Waals surface area contributed by atoms with E-state index in [1.54, 1.807) is 0 Å². The molecule has 0 aliphatic rings. The first-order chi connectivity index (χ1) is 8.88. The van der Waals surface area contributed by atoms with Crippen LogP contribution in [0.25, 0.3) is 6.08 Å². The van der Waals surface area contributed by atoms with Gasteiger partial charge in [-0.3, -0.25) is 0 Å². The largest absolute Gasteiger partial charge is 0.457 e. The van der Waals surface area contributed by atoms with E-state index in [1.165, 1.54) is 12.0 Å². The number of hydrogen-bond acceptors (Lipinski definition) is 1. The van der Waals surface area contributed by atoms with Gasteiger partial charge in [-0.2, -0.15) is 0 Å². The molecule has 1 nitrogen and oxygen atoms in total. The fourth-order valence-corrected chi connectivity index (χ4v) is 1.66. The summed E-state index contributed by atoms with van der Waals surface area (Å²) in [6, 6.07) is 18.0. The van der Waals surface area contributed by atoms with Crippen LogP contribution in [0.1, 0.15) is 25.3 Å². The van der Waals surface area contributed by atoms with Gasteiger partial charge in [-0.25, -0.2) is 0 Å². The van der Waals surface area contributed by atoms with E-state index < -0.39 is 0 Å². The van der Waals surface area contributed by atoms with Gasteiger partial charge in [0.05, 0.1) is 0 Å². The van der Waals surface area contributed by atoms with Gasteiger partial charge in [-0.1, -0.05) is 55.8 Å². The standard InChI is InChI=1S/C17H18O/c1-2-3-5-8-15-11-13-17(14-12-15)18-16-9-6-4-7-10-16/h4-14H,2-3H2,1H3. The van der Waals surface area contributed by atoms with Gasteiger partial charge in [0.25, 0.3) is 0 Å². The zero-order chi connectivity index (χ0) is 12.6. The summed E-state index contributed by atoms with van der Waals surface area (Å²) in [5, 5.41) is 0. The minimum Gasteiger partial charge on any atom is -0.457 e. The molecule has 0 fully saturated rings. The number of allylic oxidation sites excluding steroid dienone is 1. The fourth-order valence-electron chi connectivity index (χ4n) is 1.66. The van der Waals surface area contributed by atoms with Gasteiger partial charge >= 0.3 is 0 Å². The highest BCUT2D eigenvalue weighted by Gasteiger charge is 1.95. The lowest BCUT2D eigenvalue weighted by Crippen LogP contribution is -1.83. The summed E-state index contributed by atoms with van der Waals surface area (Å²) in [7, 11) is 0. The Kier molecular flexibility index (Phi) is 4.60. The van der Waals surface area contributed by atoms with Crippen LogP contribution in [0.15, 0.2) is 60.7 Å². The zero-order valence-electron chi connectivity index (χ0n) is 10.7. The van der Waals surface area contributed by atoms with Crippen LogP contribution < -0.4 is 4.74 Å². The Hall–Kier alpha value is -2.02. The second-order valence-electron chi connectivity index (χ2n) is 4.18. The zero-order valence-corrected chi connectivity index (χ0v) is 10.7. The Labute approximate surface area is 109 Å². The Balaban J connectivity index is 2.00. The van der Waals surface area contributed by atoms with E-state index in [1.807, 2.05) is 42.5 Å². The molecule has 2 aromatic rings. The number of unbranched alkanes of at least 4 members (excludes halogenated alkanes) is 1. The Morgan fingerprint density at radius 2 is 1.56 bits per heavy atom. The topological polar surface area (TPSA) is 9.23 Å². The maximum absolute atomic E-state index is 5.73. The van der Waals surface area contributed by atoms with E-state index in [4.69, 9.17) is 4.74 Å². The van der Waals surface area contributed by atoms with Crippen molar-refractivity contribution in [1.82, 2.24) is 0 Å². The van der Waals surface area contributed by atoms with E-state index in [2.05, 4.69) is 31.2 Å². The second-order valence-corrected chi connectivity index (χ2v) is 4.18. The Morgan fingerprint density at radius 1 is 0.889 bits per heavy atom. The average Bonchev–Trinajstić information content (AvgIpc) is 2.42. The van der Waals surface area contributed by atoms with Gasteiger partial charge in [-0.15, -0.1) is 0 Å². The molecule has 0 saturated carbocycles. The summed E-state index contributed by atoms with van der Waals surface area (Å²) in [6.45, 7) is 2.18. The third-order valence-corrected chi connectivity index (χ3v) is 2.62. The summed E-state index contributed by atoms with van der Waals surface area (Å²) in [5.41, 5.74) is 1.21. The molecule has 0 aliphatic carbocycles. The van der Waals surface area contributed by atoms with Crippen molar-refractivity contribution < 1.29 is 4.74 Å². The van der Waals surface area contributed by atoms with Gasteiger partial charge < -0.3 is 4.74 Å². The number of benzene rings is 2. The molecule has 0 saturated heterocycles. The molecular formula is C17H18O. The van der Waals surface area contributed by atoms with Crippen LogP contribution in [0.5, 0.6) is 11.5 Å². The van der Waals surface area contributed by atoms with Crippen molar-refractivity contribution >= 4 is 6.08 Å². The summed E-state index contributed by atoms with van der Waals surface area (Å²) < 4.78 is 5.73. The number of hydrogen-bond donors (Lipinski definition) is 0. The monoisotopic (exact) mass is 238 g/mol. The lowest BCUT2D eigenvalue weighted by atomic mass is 10.2. The minimum atomic E-state index is 0.867. The fraction of sp³-hybridized carbons (Fsp3) is 0.176. The Morgan fingerprint density at radius 3 is 2.22 bits per heavy atom. The van der Waals surface area contributed by atoms with Crippen molar-refractivity contribution in [2.75, 3.05) is 0 Å². The molecule has 0 unspecified atom stereocenters.